The molecule has 4 heteroatoms. The van der Waals surface area contributed by atoms with Crippen LogP contribution in [-0.2, 0) is 4.79 Å². The minimum atomic E-state index is -0.393. The SMILES string of the molecule is O=C(CCOc1ccccc1F)NC1CCCCC1. The number of rotatable bonds is 5. The molecular weight excluding hydrogens is 245 g/mol. The topological polar surface area (TPSA) is 38.3 Å². The van der Waals surface area contributed by atoms with Gasteiger partial charge in [-0.25, -0.2) is 4.39 Å². The van der Waals surface area contributed by atoms with E-state index in [0.717, 1.165) is 12.8 Å². The lowest BCUT2D eigenvalue weighted by Gasteiger charge is -2.22. The number of hydrogen-bond acceptors (Lipinski definition) is 2. The molecule has 0 heterocycles. The van der Waals surface area contributed by atoms with Gasteiger partial charge in [-0.05, 0) is 25.0 Å². The largest absolute Gasteiger partial charge is 0.490 e. The minimum Gasteiger partial charge on any atom is -0.490 e. The number of carbonyl (C=O) groups excluding carboxylic acids is 1. The van der Waals surface area contributed by atoms with E-state index in [0.29, 0.717) is 6.04 Å². The first kappa shape index (κ1) is 13.8. The number of benzene rings is 1. The van der Waals surface area contributed by atoms with Crippen LogP contribution in [-0.4, -0.2) is 18.6 Å². The third-order valence-electron chi connectivity index (χ3n) is 3.39. The molecule has 1 saturated carbocycles. The predicted molar refractivity (Wildman–Crippen MR) is 71.5 cm³/mol. The Bertz CT molecular complexity index is 416. The highest BCUT2D eigenvalue weighted by atomic mass is 19.1. The molecule has 1 aromatic carbocycles. The normalized spacial score (nSPS) is 16.1. The van der Waals surface area contributed by atoms with E-state index in [1.54, 1.807) is 18.2 Å². The average molecular weight is 265 g/mol. The fourth-order valence-electron chi connectivity index (χ4n) is 2.36. The monoisotopic (exact) mass is 265 g/mol. The Morgan fingerprint density at radius 2 is 2.00 bits per heavy atom. The third kappa shape index (κ3) is 4.54. The van der Waals surface area contributed by atoms with Crippen molar-refractivity contribution < 1.29 is 13.9 Å². The first-order valence-corrected chi connectivity index (χ1v) is 6.92. The Morgan fingerprint density at radius 1 is 1.26 bits per heavy atom. The number of nitrogens with one attached hydrogen (secondary N) is 1. The van der Waals surface area contributed by atoms with Crippen LogP contribution >= 0.6 is 0 Å². The highest BCUT2D eigenvalue weighted by Crippen LogP contribution is 2.18. The van der Waals surface area contributed by atoms with Crippen molar-refractivity contribution in [1.82, 2.24) is 5.32 Å². The fraction of sp³-hybridized carbons (Fsp3) is 0.533. The van der Waals surface area contributed by atoms with E-state index in [1.807, 2.05) is 0 Å². The van der Waals surface area contributed by atoms with Crippen molar-refractivity contribution in [2.45, 2.75) is 44.6 Å². The van der Waals surface area contributed by atoms with Crippen LogP contribution in [0.2, 0.25) is 0 Å². The van der Waals surface area contributed by atoms with Crippen molar-refractivity contribution in [2.24, 2.45) is 0 Å². The van der Waals surface area contributed by atoms with Crippen molar-refractivity contribution in [2.75, 3.05) is 6.61 Å². The molecule has 0 unspecified atom stereocenters. The third-order valence-corrected chi connectivity index (χ3v) is 3.39. The summed E-state index contributed by atoms with van der Waals surface area (Å²) in [4.78, 5) is 11.7. The fourth-order valence-corrected chi connectivity index (χ4v) is 2.36. The van der Waals surface area contributed by atoms with Crippen molar-refractivity contribution >= 4 is 5.91 Å². The van der Waals surface area contributed by atoms with Crippen molar-refractivity contribution in [3.05, 3.63) is 30.1 Å². The summed E-state index contributed by atoms with van der Waals surface area (Å²) in [7, 11) is 0. The number of halogens is 1. The van der Waals surface area contributed by atoms with E-state index >= 15 is 0 Å². The van der Waals surface area contributed by atoms with Gasteiger partial charge < -0.3 is 10.1 Å². The average Bonchev–Trinajstić information content (AvgIpc) is 2.42. The van der Waals surface area contributed by atoms with Gasteiger partial charge in [0.25, 0.3) is 0 Å². The predicted octanol–water partition coefficient (Wildman–Crippen LogP) is 3.04. The van der Waals surface area contributed by atoms with Gasteiger partial charge in [0, 0.05) is 6.04 Å². The van der Waals surface area contributed by atoms with Crippen LogP contribution in [0.5, 0.6) is 5.75 Å². The molecule has 1 aromatic rings. The zero-order valence-corrected chi connectivity index (χ0v) is 11.0. The van der Waals surface area contributed by atoms with Gasteiger partial charge >= 0.3 is 0 Å². The molecule has 0 bridgehead atoms. The van der Waals surface area contributed by atoms with Crippen LogP contribution in [0, 0.1) is 5.82 Å². The molecule has 1 N–H and O–H groups in total. The molecule has 1 aliphatic rings. The van der Waals surface area contributed by atoms with Gasteiger partial charge in [-0.2, -0.15) is 0 Å². The number of ether oxygens (including phenoxy) is 1. The highest BCUT2D eigenvalue weighted by Gasteiger charge is 2.15. The molecule has 19 heavy (non-hydrogen) atoms. The summed E-state index contributed by atoms with van der Waals surface area (Å²) in [6.07, 6.45) is 6.06. The Balaban J connectivity index is 1.67. The molecule has 0 aliphatic heterocycles. The second-order valence-electron chi connectivity index (χ2n) is 4.93. The summed E-state index contributed by atoms with van der Waals surface area (Å²) in [6.45, 7) is 0.208. The molecule has 1 aliphatic carbocycles. The van der Waals surface area contributed by atoms with Crippen molar-refractivity contribution in [3.63, 3.8) is 0 Å². The first-order valence-electron chi connectivity index (χ1n) is 6.92. The molecule has 0 radical (unpaired) electrons. The van der Waals surface area contributed by atoms with Gasteiger partial charge in [0.15, 0.2) is 11.6 Å². The molecule has 0 aromatic heterocycles. The summed E-state index contributed by atoms with van der Waals surface area (Å²) in [5.74, 6) is -0.202. The molecule has 3 nitrogen and oxygen atoms in total. The summed E-state index contributed by atoms with van der Waals surface area (Å²) < 4.78 is 18.5. The van der Waals surface area contributed by atoms with Crippen molar-refractivity contribution in [3.8, 4) is 5.75 Å². The molecule has 2 rings (SSSR count). The lowest BCUT2D eigenvalue weighted by atomic mass is 9.95. The summed E-state index contributed by atoms with van der Waals surface area (Å²) in [5, 5.41) is 3.01. The number of para-hydroxylation sites is 1. The summed E-state index contributed by atoms with van der Waals surface area (Å²) >= 11 is 0. The van der Waals surface area contributed by atoms with Gasteiger partial charge in [0.1, 0.15) is 0 Å². The maximum atomic E-state index is 13.3. The molecule has 0 atom stereocenters. The molecular formula is C15H20FNO2. The van der Waals surface area contributed by atoms with Gasteiger partial charge in [-0.3, -0.25) is 4.79 Å². The van der Waals surface area contributed by atoms with Gasteiger partial charge in [0.05, 0.1) is 13.0 Å². The van der Waals surface area contributed by atoms with Gasteiger partial charge in [-0.15, -0.1) is 0 Å². The van der Waals surface area contributed by atoms with E-state index in [2.05, 4.69) is 5.32 Å². The van der Waals surface area contributed by atoms with E-state index in [1.165, 1.54) is 25.3 Å². The number of amides is 1. The molecule has 1 amide bonds. The second-order valence-corrected chi connectivity index (χ2v) is 4.93. The molecule has 104 valence electrons. The minimum absolute atomic E-state index is 0.0109. The molecule has 1 fully saturated rings. The van der Waals surface area contributed by atoms with Crippen LogP contribution in [0.15, 0.2) is 24.3 Å². The molecule has 0 spiro atoms. The van der Waals surface area contributed by atoms with E-state index in [4.69, 9.17) is 4.74 Å². The standard InChI is InChI=1S/C15H20FNO2/c16-13-8-4-5-9-14(13)19-11-10-15(18)17-12-6-2-1-3-7-12/h4-5,8-9,12H,1-3,6-7,10-11H2,(H,17,18). The lowest BCUT2D eigenvalue weighted by molar-refractivity contribution is -0.122. The number of carbonyl (C=O) groups is 1. The van der Waals surface area contributed by atoms with E-state index in [-0.39, 0.29) is 24.7 Å². The van der Waals surface area contributed by atoms with Crippen molar-refractivity contribution in [1.29, 1.82) is 0 Å². The molecule has 0 saturated heterocycles. The van der Waals surface area contributed by atoms with E-state index < -0.39 is 5.82 Å². The smallest absolute Gasteiger partial charge is 0.223 e. The Kier molecular flexibility index (Phi) is 5.19. The highest BCUT2D eigenvalue weighted by molar-refractivity contribution is 5.76. The zero-order chi connectivity index (χ0) is 13.5. The summed E-state index contributed by atoms with van der Waals surface area (Å²) in [6, 6.07) is 6.54. The number of hydrogen-bond donors (Lipinski definition) is 1. The second kappa shape index (κ2) is 7.12. The van der Waals surface area contributed by atoms with Gasteiger partial charge in [0.2, 0.25) is 5.91 Å². The lowest BCUT2D eigenvalue weighted by Crippen LogP contribution is -2.36. The Labute approximate surface area is 113 Å². The Morgan fingerprint density at radius 3 is 2.74 bits per heavy atom. The quantitative estimate of drug-likeness (QED) is 0.888. The van der Waals surface area contributed by atoms with Crippen LogP contribution in [0.4, 0.5) is 4.39 Å². The van der Waals surface area contributed by atoms with Gasteiger partial charge in [-0.1, -0.05) is 31.4 Å². The maximum Gasteiger partial charge on any atom is 0.223 e. The Hall–Kier alpha value is -1.58. The van der Waals surface area contributed by atoms with Crippen LogP contribution < -0.4 is 10.1 Å². The van der Waals surface area contributed by atoms with Crippen LogP contribution in [0.3, 0.4) is 0 Å². The first-order chi connectivity index (χ1) is 9.25. The zero-order valence-electron chi connectivity index (χ0n) is 11.0. The van der Waals surface area contributed by atoms with Crippen LogP contribution in [0.25, 0.3) is 0 Å². The van der Waals surface area contributed by atoms with E-state index in [9.17, 15) is 9.18 Å². The maximum absolute atomic E-state index is 13.3. The van der Waals surface area contributed by atoms with Crippen LogP contribution in [0.1, 0.15) is 38.5 Å². The summed E-state index contributed by atoms with van der Waals surface area (Å²) in [5.41, 5.74) is 0.